The molecule has 0 saturated carbocycles. The first-order valence-corrected chi connectivity index (χ1v) is 7.62. The molecule has 0 aliphatic rings. The normalized spacial score (nSPS) is 10.0. The molecule has 23 heavy (non-hydrogen) atoms. The van der Waals surface area contributed by atoms with Gasteiger partial charge in [-0.1, -0.05) is 19.1 Å². The average Bonchev–Trinajstić information content (AvgIpc) is 2.59. The van der Waals surface area contributed by atoms with Gasteiger partial charge in [0.05, 0.1) is 13.7 Å². The van der Waals surface area contributed by atoms with Crippen molar-refractivity contribution in [1.82, 2.24) is 5.32 Å². The minimum Gasteiger partial charge on any atom is -0.497 e. The Labute approximate surface area is 136 Å². The zero-order valence-corrected chi connectivity index (χ0v) is 13.5. The third-order valence-electron chi connectivity index (χ3n) is 3.31. The van der Waals surface area contributed by atoms with Crippen LogP contribution in [0.5, 0.6) is 11.5 Å². The summed E-state index contributed by atoms with van der Waals surface area (Å²) < 4.78 is 10.7. The molecule has 5 nitrogen and oxygen atoms in total. The minimum absolute atomic E-state index is 0.263. The summed E-state index contributed by atoms with van der Waals surface area (Å²) in [6.07, 6.45) is 0.972. The topological polar surface area (TPSA) is 59.6 Å². The van der Waals surface area contributed by atoms with Gasteiger partial charge in [-0.15, -0.1) is 0 Å². The van der Waals surface area contributed by atoms with Gasteiger partial charge in [0.15, 0.2) is 0 Å². The number of aryl methyl sites for hydroxylation is 1. The Kier molecular flexibility index (Phi) is 6.29. The third kappa shape index (κ3) is 5.54. The van der Waals surface area contributed by atoms with E-state index in [0.717, 1.165) is 17.9 Å². The fraction of sp³-hybridized carbons (Fsp3) is 0.278. The lowest BCUT2D eigenvalue weighted by Gasteiger charge is -2.10. The minimum atomic E-state index is -0.263. The summed E-state index contributed by atoms with van der Waals surface area (Å²) in [6.45, 7) is 2.95. The number of methoxy groups -OCH3 is 1. The van der Waals surface area contributed by atoms with Crippen molar-refractivity contribution in [3.8, 4) is 11.5 Å². The summed E-state index contributed by atoms with van der Waals surface area (Å²) in [7, 11) is 1.60. The molecule has 2 rings (SSSR count). The van der Waals surface area contributed by atoms with E-state index >= 15 is 0 Å². The highest BCUT2D eigenvalue weighted by Crippen LogP contribution is 2.15. The highest BCUT2D eigenvalue weighted by molar-refractivity contribution is 5.89. The lowest BCUT2D eigenvalue weighted by atomic mass is 10.2. The van der Waals surface area contributed by atoms with Crippen LogP contribution >= 0.6 is 0 Å². The van der Waals surface area contributed by atoms with E-state index in [1.807, 2.05) is 18.2 Å². The zero-order valence-electron chi connectivity index (χ0n) is 13.5. The van der Waals surface area contributed by atoms with E-state index < -0.39 is 0 Å². The van der Waals surface area contributed by atoms with Crippen molar-refractivity contribution >= 4 is 11.7 Å². The second-order valence-electron chi connectivity index (χ2n) is 4.96. The molecule has 2 amide bonds. The van der Waals surface area contributed by atoms with Crippen LogP contribution in [0.2, 0.25) is 0 Å². The monoisotopic (exact) mass is 314 g/mol. The van der Waals surface area contributed by atoms with E-state index in [0.29, 0.717) is 18.8 Å². The highest BCUT2D eigenvalue weighted by atomic mass is 16.5. The van der Waals surface area contributed by atoms with Crippen molar-refractivity contribution in [2.24, 2.45) is 0 Å². The number of carbonyl (C=O) groups is 1. The molecular formula is C18H22N2O3. The molecule has 0 unspecified atom stereocenters. The Hall–Kier alpha value is -2.69. The molecule has 0 aromatic heterocycles. The van der Waals surface area contributed by atoms with E-state index in [1.54, 1.807) is 31.4 Å². The van der Waals surface area contributed by atoms with Gasteiger partial charge in [0.1, 0.15) is 18.1 Å². The number of urea groups is 1. The Morgan fingerprint density at radius 1 is 1.09 bits per heavy atom. The van der Waals surface area contributed by atoms with Gasteiger partial charge >= 0.3 is 6.03 Å². The molecule has 0 spiro atoms. The molecule has 0 bridgehead atoms. The quantitative estimate of drug-likeness (QED) is 0.770. The Morgan fingerprint density at radius 2 is 1.87 bits per heavy atom. The second-order valence-corrected chi connectivity index (χ2v) is 4.96. The maximum absolute atomic E-state index is 11.8. The van der Waals surface area contributed by atoms with Crippen LogP contribution < -0.4 is 20.1 Å². The second kappa shape index (κ2) is 8.68. The molecule has 0 heterocycles. The van der Waals surface area contributed by atoms with Crippen LogP contribution in [0, 0.1) is 0 Å². The summed E-state index contributed by atoms with van der Waals surface area (Å²) >= 11 is 0. The smallest absolute Gasteiger partial charge is 0.319 e. The fourth-order valence-electron chi connectivity index (χ4n) is 2.04. The Bertz CT molecular complexity index is 626. The number of ether oxygens (including phenoxy) is 2. The van der Waals surface area contributed by atoms with Crippen molar-refractivity contribution < 1.29 is 14.3 Å². The van der Waals surface area contributed by atoms with Crippen molar-refractivity contribution in [2.45, 2.75) is 13.3 Å². The summed E-state index contributed by atoms with van der Waals surface area (Å²) in [5, 5.41) is 5.50. The van der Waals surface area contributed by atoms with Crippen molar-refractivity contribution in [3.05, 3.63) is 54.1 Å². The van der Waals surface area contributed by atoms with Crippen LogP contribution in [-0.4, -0.2) is 26.3 Å². The van der Waals surface area contributed by atoms with Gasteiger partial charge < -0.3 is 20.1 Å². The number of rotatable bonds is 7. The Morgan fingerprint density at radius 3 is 2.57 bits per heavy atom. The van der Waals surface area contributed by atoms with Crippen molar-refractivity contribution in [1.29, 1.82) is 0 Å². The number of anilines is 1. The molecule has 0 fully saturated rings. The maximum atomic E-state index is 11.8. The lowest BCUT2D eigenvalue weighted by molar-refractivity contribution is 0.247. The van der Waals surface area contributed by atoms with E-state index in [2.05, 4.69) is 23.6 Å². The SMILES string of the molecule is CCc1cccc(OCCNC(=O)Nc2ccc(OC)cc2)c1. The van der Waals surface area contributed by atoms with Gasteiger partial charge in [-0.25, -0.2) is 4.79 Å². The van der Waals surface area contributed by atoms with Crippen molar-refractivity contribution in [2.75, 3.05) is 25.6 Å². The third-order valence-corrected chi connectivity index (χ3v) is 3.31. The first-order chi connectivity index (χ1) is 11.2. The molecular weight excluding hydrogens is 292 g/mol. The summed E-state index contributed by atoms with van der Waals surface area (Å²) in [4.78, 5) is 11.8. The number of benzene rings is 2. The van der Waals surface area contributed by atoms with Crippen LogP contribution in [0.25, 0.3) is 0 Å². The van der Waals surface area contributed by atoms with E-state index in [1.165, 1.54) is 5.56 Å². The van der Waals surface area contributed by atoms with Crippen LogP contribution in [0.15, 0.2) is 48.5 Å². The lowest BCUT2D eigenvalue weighted by Crippen LogP contribution is -2.32. The molecule has 2 aromatic carbocycles. The number of nitrogens with one attached hydrogen (secondary N) is 2. The van der Waals surface area contributed by atoms with Crippen LogP contribution in [0.4, 0.5) is 10.5 Å². The Balaban J connectivity index is 1.69. The van der Waals surface area contributed by atoms with E-state index in [-0.39, 0.29) is 6.03 Å². The largest absolute Gasteiger partial charge is 0.497 e. The average molecular weight is 314 g/mol. The number of hydrogen-bond acceptors (Lipinski definition) is 3. The van der Waals surface area contributed by atoms with Gasteiger partial charge in [0.25, 0.3) is 0 Å². The van der Waals surface area contributed by atoms with E-state index in [4.69, 9.17) is 9.47 Å². The molecule has 0 saturated heterocycles. The van der Waals surface area contributed by atoms with Gasteiger partial charge in [0, 0.05) is 5.69 Å². The van der Waals surface area contributed by atoms with Crippen LogP contribution in [-0.2, 0) is 6.42 Å². The molecule has 2 N–H and O–H groups in total. The number of amides is 2. The molecule has 0 aliphatic heterocycles. The van der Waals surface area contributed by atoms with E-state index in [9.17, 15) is 4.79 Å². The molecule has 0 radical (unpaired) electrons. The van der Waals surface area contributed by atoms with Gasteiger partial charge in [-0.2, -0.15) is 0 Å². The first-order valence-electron chi connectivity index (χ1n) is 7.62. The molecule has 0 aliphatic carbocycles. The van der Waals surface area contributed by atoms with Gasteiger partial charge in [-0.3, -0.25) is 0 Å². The fourth-order valence-corrected chi connectivity index (χ4v) is 2.04. The number of hydrogen-bond donors (Lipinski definition) is 2. The zero-order chi connectivity index (χ0) is 16.5. The standard InChI is InChI=1S/C18H22N2O3/c1-3-14-5-4-6-17(13-14)23-12-11-19-18(21)20-15-7-9-16(22-2)10-8-15/h4-10,13H,3,11-12H2,1-2H3,(H2,19,20,21). The van der Waals surface area contributed by atoms with Crippen LogP contribution in [0.1, 0.15) is 12.5 Å². The first kappa shape index (κ1) is 16.7. The molecule has 5 heteroatoms. The van der Waals surface area contributed by atoms with Gasteiger partial charge in [0.2, 0.25) is 0 Å². The predicted octanol–water partition coefficient (Wildman–Crippen LogP) is 3.46. The van der Waals surface area contributed by atoms with Crippen LogP contribution in [0.3, 0.4) is 0 Å². The van der Waals surface area contributed by atoms with Gasteiger partial charge in [-0.05, 0) is 48.4 Å². The highest BCUT2D eigenvalue weighted by Gasteiger charge is 2.02. The summed E-state index contributed by atoms with van der Waals surface area (Å²) in [6, 6.07) is 14.8. The van der Waals surface area contributed by atoms with Crippen molar-refractivity contribution in [3.63, 3.8) is 0 Å². The summed E-state index contributed by atoms with van der Waals surface area (Å²) in [5.74, 6) is 1.57. The molecule has 0 atom stereocenters. The summed E-state index contributed by atoms with van der Waals surface area (Å²) in [5.41, 5.74) is 1.94. The number of carbonyl (C=O) groups excluding carboxylic acids is 1. The maximum Gasteiger partial charge on any atom is 0.319 e. The molecule has 2 aromatic rings. The predicted molar refractivity (Wildman–Crippen MR) is 91.3 cm³/mol. The molecule has 122 valence electrons.